The number of nitrogens with zero attached hydrogens (tertiary/aromatic N) is 3. The van der Waals surface area contributed by atoms with E-state index < -0.39 is 0 Å². The largest absolute Gasteiger partial charge is 0.325 e. The highest BCUT2D eigenvalue weighted by Crippen LogP contribution is 2.39. The molecule has 0 atom stereocenters. The van der Waals surface area contributed by atoms with Gasteiger partial charge in [0.05, 0.1) is 23.3 Å². The molecule has 0 spiro atoms. The first-order valence-corrected chi connectivity index (χ1v) is 8.80. The Kier molecular flexibility index (Phi) is 4.42. The van der Waals surface area contributed by atoms with Crippen molar-refractivity contribution in [3.05, 3.63) is 66.1 Å². The highest BCUT2D eigenvalue weighted by atomic mass is 16.2. The fraction of sp³-hybridized carbons (Fsp3) is 0.200. The van der Waals surface area contributed by atoms with E-state index in [1.807, 2.05) is 36.4 Å². The number of nitrogens with one attached hydrogen (secondary N) is 2. The Morgan fingerprint density at radius 1 is 1.07 bits per heavy atom. The van der Waals surface area contributed by atoms with Gasteiger partial charge in [-0.05, 0) is 43.2 Å². The van der Waals surface area contributed by atoms with Gasteiger partial charge in [0.25, 0.3) is 5.91 Å². The van der Waals surface area contributed by atoms with E-state index in [0.717, 1.165) is 24.2 Å². The van der Waals surface area contributed by atoms with Crippen LogP contribution in [-0.2, 0) is 4.79 Å². The summed E-state index contributed by atoms with van der Waals surface area (Å²) in [6.07, 6.45) is 3.72. The van der Waals surface area contributed by atoms with Gasteiger partial charge in [0, 0.05) is 12.8 Å². The molecule has 3 aromatic rings. The summed E-state index contributed by atoms with van der Waals surface area (Å²) in [4.78, 5) is 28.1. The van der Waals surface area contributed by atoms with Crippen LogP contribution in [0.25, 0.3) is 5.69 Å². The molecule has 1 aliphatic rings. The molecule has 2 amide bonds. The Hall–Kier alpha value is -3.48. The molecule has 7 heteroatoms. The van der Waals surface area contributed by atoms with E-state index >= 15 is 0 Å². The molecule has 1 saturated carbocycles. The number of pyridine rings is 1. The summed E-state index contributed by atoms with van der Waals surface area (Å²) in [6.45, 7) is 1.43. The van der Waals surface area contributed by atoms with E-state index in [0.29, 0.717) is 23.1 Å². The molecule has 2 N–H and O–H groups in total. The van der Waals surface area contributed by atoms with Crippen molar-refractivity contribution >= 4 is 23.3 Å². The number of hydrogen-bond donors (Lipinski definition) is 2. The van der Waals surface area contributed by atoms with Gasteiger partial charge in [-0.2, -0.15) is 5.10 Å². The fourth-order valence-electron chi connectivity index (χ4n) is 2.83. The maximum atomic E-state index is 12.8. The summed E-state index contributed by atoms with van der Waals surface area (Å²) in [5, 5.41) is 10.1. The van der Waals surface area contributed by atoms with Crippen LogP contribution in [0.3, 0.4) is 0 Å². The van der Waals surface area contributed by atoms with Gasteiger partial charge in [-0.25, -0.2) is 9.67 Å². The Morgan fingerprint density at radius 2 is 1.85 bits per heavy atom. The number of carbonyl (C=O) groups excluding carboxylic acids is 2. The molecule has 0 saturated heterocycles. The van der Waals surface area contributed by atoms with Gasteiger partial charge >= 0.3 is 0 Å². The summed E-state index contributed by atoms with van der Waals surface area (Å²) in [7, 11) is 0. The molecule has 1 aliphatic carbocycles. The highest BCUT2D eigenvalue weighted by molar-refractivity contribution is 6.03. The maximum Gasteiger partial charge on any atom is 0.275 e. The van der Waals surface area contributed by atoms with Crippen LogP contribution in [0, 0.1) is 0 Å². The lowest BCUT2D eigenvalue weighted by Crippen LogP contribution is -2.17. The lowest BCUT2D eigenvalue weighted by atomic mass is 10.2. The van der Waals surface area contributed by atoms with Gasteiger partial charge in [-0.1, -0.05) is 18.2 Å². The van der Waals surface area contributed by atoms with Crippen molar-refractivity contribution in [3.63, 3.8) is 0 Å². The minimum Gasteiger partial charge on any atom is -0.325 e. The van der Waals surface area contributed by atoms with Crippen LogP contribution in [0.2, 0.25) is 0 Å². The molecule has 0 unspecified atom stereocenters. The molecule has 0 radical (unpaired) electrons. The van der Waals surface area contributed by atoms with E-state index in [1.54, 1.807) is 16.8 Å². The van der Waals surface area contributed by atoms with Crippen molar-refractivity contribution in [3.8, 4) is 5.69 Å². The van der Waals surface area contributed by atoms with Gasteiger partial charge in [-0.15, -0.1) is 0 Å². The molecule has 4 rings (SSSR count). The third-order valence-electron chi connectivity index (χ3n) is 4.28. The molecule has 0 aliphatic heterocycles. The number of aromatic nitrogens is 3. The zero-order valence-corrected chi connectivity index (χ0v) is 14.8. The number of anilines is 2. The van der Waals surface area contributed by atoms with Gasteiger partial charge in [0.1, 0.15) is 11.5 Å². The van der Waals surface area contributed by atoms with Crippen LogP contribution in [0.1, 0.15) is 41.9 Å². The van der Waals surface area contributed by atoms with Gasteiger partial charge in [0.15, 0.2) is 0 Å². The first-order chi connectivity index (χ1) is 13.1. The third-order valence-corrected chi connectivity index (χ3v) is 4.28. The van der Waals surface area contributed by atoms with Crippen LogP contribution in [0.5, 0.6) is 0 Å². The predicted molar refractivity (Wildman–Crippen MR) is 102 cm³/mol. The Morgan fingerprint density at radius 3 is 2.48 bits per heavy atom. The second-order valence-electron chi connectivity index (χ2n) is 6.54. The normalized spacial score (nSPS) is 13.2. The van der Waals surface area contributed by atoms with E-state index in [1.165, 1.54) is 13.1 Å². The van der Waals surface area contributed by atoms with Crippen LogP contribution in [0.15, 0.2) is 54.7 Å². The molecule has 2 heterocycles. The van der Waals surface area contributed by atoms with E-state index in [4.69, 9.17) is 0 Å². The second-order valence-corrected chi connectivity index (χ2v) is 6.54. The average Bonchev–Trinajstić information content (AvgIpc) is 3.42. The molecule has 1 fully saturated rings. The summed E-state index contributed by atoms with van der Waals surface area (Å²) in [6, 6.07) is 14.8. The summed E-state index contributed by atoms with van der Waals surface area (Å²) in [5.74, 6) is 0.394. The molecular formula is C20H19N5O2. The van der Waals surface area contributed by atoms with Crippen molar-refractivity contribution in [2.45, 2.75) is 25.7 Å². The number of carbonyl (C=O) groups is 2. The quantitative estimate of drug-likeness (QED) is 0.729. The molecule has 7 nitrogen and oxygen atoms in total. The van der Waals surface area contributed by atoms with Crippen molar-refractivity contribution in [2.75, 3.05) is 10.6 Å². The first kappa shape index (κ1) is 17.0. The Balaban J connectivity index is 1.58. The number of para-hydroxylation sites is 1. The van der Waals surface area contributed by atoms with Crippen LogP contribution in [0.4, 0.5) is 11.5 Å². The average molecular weight is 361 g/mol. The van der Waals surface area contributed by atoms with Crippen molar-refractivity contribution in [1.29, 1.82) is 0 Å². The zero-order chi connectivity index (χ0) is 18.8. The third kappa shape index (κ3) is 3.87. The molecular weight excluding hydrogens is 342 g/mol. The minimum absolute atomic E-state index is 0.173. The lowest BCUT2D eigenvalue weighted by molar-refractivity contribution is -0.114. The van der Waals surface area contributed by atoms with Gasteiger partial charge < -0.3 is 10.6 Å². The van der Waals surface area contributed by atoms with Gasteiger partial charge in [-0.3, -0.25) is 9.59 Å². The Labute approximate surface area is 156 Å². The number of hydrogen-bond acceptors (Lipinski definition) is 4. The van der Waals surface area contributed by atoms with E-state index in [9.17, 15) is 9.59 Å². The first-order valence-electron chi connectivity index (χ1n) is 8.80. The van der Waals surface area contributed by atoms with Crippen molar-refractivity contribution in [2.24, 2.45) is 0 Å². The molecule has 0 bridgehead atoms. The zero-order valence-electron chi connectivity index (χ0n) is 14.8. The van der Waals surface area contributed by atoms with Crippen molar-refractivity contribution < 1.29 is 9.59 Å². The standard InChI is InChI=1S/C20H19N5O2/c1-13(26)22-15-9-10-19(21-12-15)23-20(27)18-11-17(14-7-8-14)24-25(18)16-5-3-2-4-6-16/h2-6,9-12,14H,7-8H2,1H3,(H,22,26)(H,21,23,27). The maximum absolute atomic E-state index is 12.8. The fourth-order valence-corrected chi connectivity index (χ4v) is 2.83. The van der Waals surface area contributed by atoms with Crippen molar-refractivity contribution in [1.82, 2.24) is 14.8 Å². The monoisotopic (exact) mass is 361 g/mol. The van der Waals surface area contributed by atoms with Gasteiger partial charge in [0.2, 0.25) is 5.91 Å². The van der Waals surface area contributed by atoms with Crippen LogP contribution < -0.4 is 10.6 Å². The highest BCUT2D eigenvalue weighted by Gasteiger charge is 2.29. The molecule has 136 valence electrons. The van der Waals surface area contributed by atoms with Crippen LogP contribution in [-0.4, -0.2) is 26.6 Å². The number of amides is 2. The molecule has 27 heavy (non-hydrogen) atoms. The predicted octanol–water partition coefficient (Wildman–Crippen LogP) is 3.36. The second kappa shape index (κ2) is 7.03. The van der Waals surface area contributed by atoms with E-state index in [-0.39, 0.29) is 11.8 Å². The minimum atomic E-state index is -0.280. The number of rotatable bonds is 5. The summed E-state index contributed by atoms with van der Waals surface area (Å²) < 4.78 is 1.68. The Bertz CT molecular complexity index is 975. The van der Waals surface area contributed by atoms with E-state index in [2.05, 4.69) is 20.7 Å². The topological polar surface area (TPSA) is 88.9 Å². The summed E-state index contributed by atoms with van der Waals surface area (Å²) in [5.41, 5.74) is 2.82. The summed E-state index contributed by atoms with van der Waals surface area (Å²) >= 11 is 0. The smallest absolute Gasteiger partial charge is 0.275 e. The van der Waals surface area contributed by atoms with Crippen LogP contribution >= 0.6 is 0 Å². The SMILES string of the molecule is CC(=O)Nc1ccc(NC(=O)c2cc(C3CC3)nn2-c2ccccc2)nc1. The number of benzene rings is 1. The molecule has 1 aromatic carbocycles. The lowest BCUT2D eigenvalue weighted by Gasteiger charge is -2.08. The molecule has 2 aromatic heterocycles.